The maximum atomic E-state index is 12.5. The Labute approximate surface area is 105 Å². The van der Waals surface area contributed by atoms with Gasteiger partial charge in [0.2, 0.25) is 5.91 Å². The number of unbranched alkanes of at least 4 members (excludes halogenated alkanes) is 1. The van der Waals surface area contributed by atoms with Gasteiger partial charge in [-0.2, -0.15) is 0 Å². The molecule has 1 heterocycles. The minimum atomic E-state index is -0.382. The Morgan fingerprint density at radius 2 is 1.94 bits per heavy atom. The van der Waals surface area contributed by atoms with Gasteiger partial charge >= 0.3 is 0 Å². The number of piperazine rings is 1. The molecule has 1 rings (SSSR count). The number of amides is 1. The van der Waals surface area contributed by atoms with E-state index >= 15 is 0 Å². The lowest BCUT2D eigenvalue weighted by Gasteiger charge is -2.39. The number of hydrogen-bond donors (Lipinski definition) is 1. The van der Waals surface area contributed by atoms with Crippen molar-refractivity contribution in [1.82, 2.24) is 15.1 Å². The van der Waals surface area contributed by atoms with Gasteiger partial charge in [0.15, 0.2) is 0 Å². The molecule has 0 aromatic heterocycles. The normalized spacial score (nSPS) is 17.6. The maximum Gasteiger partial charge on any atom is 0.242 e. The van der Waals surface area contributed by atoms with Gasteiger partial charge in [-0.3, -0.25) is 9.69 Å². The molecule has 0 aromatic rings. The lowest BCUT2D eigenvalue weighted by molar-refractivity contribution is -0.142. The zero-order chi connectivity index (χ0) is 12.9. The van der Waals surface area contributed by atoms with E-state index in [0.717, 1.165) is 39.1 Å². The Morgan fingerprint density at radius 1 is 1.35 bits per heavy atom. The van der Waals surface area contributed by atoms with Gasteiger partial charge in [-0.1, -0.05) is 13.3 Å². The Morgan fingerprint density at radius 3 is 2.47 bits per heavy atom. The van der Waals surface area contributed by atoms with Gasteiger partial charge in [0.25, 0.3) is 0 Å². The van der Waals surface area contributed by atoms with Crippen molar-refractivity contribution in [2.45, 2.75) is 39.2 Å². The second kappa shape index (κ2) is 6.36. The first-order valence-electron chi connectivity index (χ1n) is 6.71. The molecule has 0 unspecified atom stereocenters. The quantitative estimate of drug-likeness (QED) is 0.778. The summed E-state index contributed by atoms with van der Waals surface area (Å²) in [6.07, 6.45) is 2.32. The summed E-state index contributed by atoms with van der Waals surface area (Å²) in [6.45, 7) is 10.7. The third-order valence-electron chi connectivity index (χ3n) is 3.73. The topological polar surface area (TPSA) is 35.6 Å². The Hall–Kier alpha value is -0.610. The molecule has 4 nitrogen and oxygen atoms in total. The first-order chi connectivity index (χ1) is 8.00. The summed E-state index contributed by atoms with van der Waals surface area (Å²) >= 11 is 0. The fourth-order valence-electron chi connectivity index (χ4n) is 2.09. The average Bonchev–Trinajstić information content (AvgIpc) is 2.35. The van der Waals surface area contributed by atoms with Gasteiger partial charge in [-0.05, 0) is 33.9 Å². The third-order valence-corrected chi connectivity index (χ3v) is 3.73. The number of likely N-dealkylation sites (N-methyl/N-ethyl adjacent to an activating group) is 1. The van der Waals surface area contributed by atoms with Crippen LogP contribution in [0.15, 0.2) is 0 Å². The van der Waals surface area contributed by atoms with Crippen LogP contribution in [0.2, 0.25) is 0 Å². The largest absolute Gasteiger partial charge is 0.339 e. The molecule has 1 fully saturated rings. The van der Waals surface area contributed by atoms with E-state index in [1.54, 1.807) is 0 Å². The van der Waals surface area contributed by atoms with Crippen LogP contribution in [0.1, 0.15) is 33.6 Å². The highest BCUT2D eigenvalue weighted by Gasteiger charge is 2.35. The molecular formula is C13H27N3O. The maximum absolute atomic E-state index is 12.5. The van der Waals surface area contributed by atoms with E-state index in [-0.39, 0.29) is 11.4 Å². The van der Waals surface area contributed by atoms with Gasteiger partial charge in [-0.25, -0.2) is 0 Å². The Kier molecular flexibility index (Phi) is 5.40. The van der Waals surface area contributed by atoms with E-state index in [4.69, 9.17) is 0 Å². The van der Waals surface area contributed by atoms with Crippen molar-refractivity contribution in [3.63, 3.8) is 0 Å². The van der Waals surface area contributed by atoms with Crippen LogP contribution in [0, 0.1) is 0 Å². The molecule has 100 valence electrons. The number of carbonyl (C=O) groups excluding carboxylic acids is 1. The highest BCUT2D eigenvalue weighted by molar-refractivity contribution is 5.85. The molecule has 0 bridgehead atoms. The van der Waals surface area contributed by atoms with Crippen LogP contribution in [-0.4, -0.2) is 61.0 Å². The molecule has 0 spiro atoms. The molecule has 0 saturated carbocycles. The van der Waals surface area contributed by atoms with Crippen molar-refractivity contribution in [2.75, 3.05) is 39.8 Å². The molecule has 0 radical (unpaired) electrons. The van der Waals surface area contributed by atoms with Crippen molar-refractivity contribution in [1.29, 1.82) is 0 Å². The SMILES string of the molecule is CCCCN(C)C(C)(C)C(=O)N1CCNCC1. The molecule has 4 heteroatoms. The van der Waals surface area contributed by atoms with Crippen LogP contribution in [0.4, 0.5) is 0 Å². The minimum Gasteiger partial charge on any atom is -0.339 e. The summed E-state index contributed by atoms with van der Waals surface area (Å²) in [5.41, 5.74) is -0.382. The van der Waals surface area contributed by atoms with Crippen LogP contribution in [0.5, 0.6) is 0 Å². The third kappa shape index (κ3) is 3.68. The standard InChI is InChI=1S/C13H27N3O/c1-5-6-9-15(4)13(2,3)12(17)16-10-7-14-8-11-16/h14H,5-11H2,1-4H3. The van der Waals surface area contributed by atoms with E-state index < -0.39 is 0 Å². The van der Waals surface area contributed by atoms with Gasteiger partial charge in [-0.15, -0.1) is 0 Å². The minimum absolute atomic E-state index is 0.262. The summed E-state index contributed by atoms with van der Waals surface area (Å²) in [6, 6.07) is 0. The molecule has 17 heavy (non-hydrogen) atoms. The summed E-state index contributed by atoms with van der Waals surface area (Å²) in [5, 5.41) is 3.28. The molecule has 1 N–H and O–H groups in total. The summed E-state index contributed by atoms with van der Waals surface area (Å²) in [4.78, 5) is 16.6. The van der Waals surface area contributed by atoms with Crippen molar-refractivity contribution < 1.29 is 4.79 Å². The Balaban J connectivity index is 2.57. The molecule has 1 aliphatic rings. The number of rotatable bonds is 5. The van der Waals surface area contributed by atoms with Crippen LogP contribution < -0.4 is 5.32 Å². The monoisotopic (exact) mass is 241 g/mol. The fourth-order valence-corrected chi connectivity index (χ4v) is 2.09. The lowest BCUT2D eigenvalue weighted by Crippen LogP contribution is -2.58. The van der Waals surface area contributed by atoms with Crippen LogP contribution in [0.25, 0.3) is 0 Å². The second-order valence-corrected chi connectivity index (χ2v) is 5.38. The van der Waals surface area contributed by atoms with Gasteiger partial charge < -0.3 is 10.2 Å². The molecule has 1 amide bonds. The van der Waals surface area contributed by atoms with E-state index in [0.29, 0.717) is 0 Å². The number of hydrogen-bond acceptors (Lipinski definition) is 3. The van der Waals surface area contributed by atoms with E-state index in [1.807, 2.05) is 18.7 Å². The summed E-state index contributed by atoms with van der Waals surface area (Å²) in [7, 11) is 2.05. The van der Waals surface area contributed by atoms with Crippen LogP contribution >= 0.6 is 0 Å². The molecule has 0 atom stereocenters. The zero-order valence-corrected chi connectivity index (χ0v) is 11.8. The zero-order valence-electron chi connectivity index (χ0n) is 11.8. The highest BCUT2D eigenvalue weighted by atomic mass is 16.2. The van der Waals surface area contributed by atoms with Crippen molar-refractivity contribution in [2.24, 2.45) is 0 Å². The number of carbonyl (C=O) groups is 1. The molecule has 1 aliphatic heterocycles. The van der Waals surface area contributed by atoms with Crippen molar-refractivity contribution >= 4 is 5.91 Å². The summed E-state index contributed by atoms with van der Waals surface area (Å²) in [5.74, 6) is 0.262. The second-order valence-electron chi connectivity index (χ2n) is 5.38. The van der Waals surface area contributed by atoms with Gasteiger partial charge in [0, 0.05) is 26.2 Å². The molecule has 0 aromatic carbocycles. The number of nitrogens with zero attached hydrogens (tertiary/aromatic N) is 2. The van der Waals surface area contributed by atoms with E-state index in [2.05, 4.69) is 24.2 Å². The Bertz CT molecular complexity index is 247. The smallest absolute Gasteiger partial charge is 0.242 e. The molecule has 1 saturated heterocycles. The first kappa shape index (κ1) is 14.5. The molecular weight excluding hydrogens is 214 g/mol. The van der Waals surface area contributed by atoms with Crippen molar-refractivity contribution in [3.8, 4) is 0 Å². The van der Waals surface area contributed by atoms with Gasteiger partial charge in [0.05, 0.1) is 5.54 Å². The van der Waals surface area contributed by atoms with Gasteiger partial charge in [0.1, 0.15) is 0 Å². The molecule has 0 aliphatic carbocycles. The van der Waals surface area contributed by atoms with Crippen LogP contribution in [-0.2, 0) is 4.79 Å². The lowest BCUT2D eigenvalue weighted by atomic mass is 10.00. The first-order valence-corrected chi connectivity index (χ1v) is 6.71. The highest BCUT2D eigenvalue weighted by Crippen LogP contribution is 2.17. The average molecular weight is 241 g/mol. The predicted molar refractivity (Wildman–Crippen MR) is 71.1 cm³/mol. The van der Waals surface area contributed by atoms with E-state index in [1.165, 1.54) is 6.42 Å². The van der Waals surface area contributed by atoms with E-state index in [9.17, 15) is 4.79 Å². The van der Waals surface area contributed by atoms with Crippen molar-refractivity contribution in [3.05, 3.63) is 0 Å². The summed E-state index contributed by atoms with van der Waals surface area (Å²) < 4.78 is 0. The fraction of sp³-hybridized carbons (Fsp3) is 0.923. The number of nitrogens with one attached hydrogen (secondary N) is 1. The predicted octanol–water partition coefficient (Wildman–Crippen LogP) is 0.929. The van der Waals surface area contributed by atoms with Crippen LogP contribution in [0.3, 0.4) is 0 Å².